The SMILES string of the molecule is CN(CC(=O)Nc1ccc(Cl)c(S(=O)(=O)N2CCOCC2)c1)CC(=O)Nc1ccc2[nH]c(=O)[nH]c2c1. The van der Waals surface area contributed by atoms with Crippen molar-refractivity contribution in [2.75, 3.05) is 57.1 Å². The number of imidazole rings is 1. The number of morpholine rings is 1. The first-order valence-electron chi connectivity index (χ1n) is 11.0. The number of H-pyrrole nitrogens is 2. The molecule has 36 heavy (non-hydrogen) atoms. The summed E-state index contributed by atoms with van der Waals surface area (Å²) in [5.41, 5.74) is 1.60. The number of hydrogen-bond acceptors (Lipinski definition) is 7. The highest BCUT2D eigenvalue weighted by Gasteiger charge is 2.28. The van der Waals surface area contributed by atoms with Crippen molar-refractivity contribution in [2.24, 2.45) is 0 Å². The van der Waals surface area contributed by atoms with Crippen LogP contribution in [-0.2, 0) is 24.3 Å². The number of nitrogens with one attached hydrogen (secondary N) is 4. The van der Waals surface area contributed by atoms with Crippen LogP contribution < -0.4 is 16.3 Å². The molecule has 2 amide bonds. The minimum absolute atomic E-state index is 0.0511. The lowest BCUT2D eigenvalue weighted by molar-refractivity contribution is -0.119. The molecule has 192 valence electrons. The number of hydrogen-bond donors (Lipinski definition) is 4. The molecular weight excluding hydrogens is 512 g/mol. The predicted molar refractivity (Wildman–Crippen MR) is 135 cm³/mol. The standard InChI is InChI=1S/C22H25ClN6O6S/c1-28(12-20(30)24-14-3-5-17-18(10-14)27-22(32)26-17)13-21(31)25-15-2-4-16(23)19(11-15)36(33,34)29-6-8-35-9-7-29/h2-5,10-11H,6-9,12-13H2,1H3,(H,24,30)(H,25,31)(H2,26,27,32). The Morgan fingerprint density at radius 3 is 2.25 bits per heavy atom. The molecule has 4 N–H and O–H groups in total. The van der Waals surface area contributed by atoms with Crippen molar-refractivity contribution < 1.29 is 22.7 Å². The van der Waals surface area contributed by atoms with Gasteiger partial charge in [0.05, 0.1) is 42.4 Å². The van der Waals surface area contributed by atoms with Gasteiger partial charge in [0.2, 0.25) is 21.8 Å². The van der Waals surface area contributed by atoms with Crippen molar-refractivity contribution in [3.8, 4) is 0 Å². The Morgan fingerprint density at radius 1 is 1.00 bits per heavy atom. The quantitative estimate of drug-likeness (QED) is 0.335. The molecule has 1 fully saturated rings. The number of rotatable bonds is 8. The Balaban J connectivity index is 1.34. The number of halogens is 1. The predicted octanol–water partition coefficient (Wildman–Crippen LogP) is 1.04. The third-order valence-corrected chi connectivity index (χ3v) is 7.81. The van der Waals surface area contributed by atoms with E-state index in [0.29, 0.717) is 29.9 Å². The van der Waals surface area contributed by atoms with Gasteiger partial charge in [0, 0.05) is 24.5 Å². The van der Waals surface area contributed by atoms with Crippen LogP contribution in [-0.4, -0.2) is 85.8 Å². The van der Waals surface area contributed by atoms with E-state index in [9.17, 15) is 22.8 Å². The molecule has 1 aromatic heterocycles. The molecule has 1 aliphatic heterocycles. The maximum absolute atomic E-state index is 13.0. The number of sulfonamides is 1. The number of carbonyl (C=O) groups is 2. The number of anilines is 2. The van der Waals surface area contributed by atoms with Crippen LogP contribution in [0.3, 0.4) is 0 Å². The van der Waals surface area contributed by atoms with Crippen LogP contribution in [0.1, 0.15) is 0 Å². The molecule has 0 unspecified atom stereocenters. The molecule has 14 heteroatoms. The van der Waals surface area contributed by atoms with Gasteiger partial charge in [-0.05, 0) is 43.4 Å². The van der Waals surface area contributed by atoms with Crippen LogP contribution >= 0.6 is 11.6 Å². The highest BCUT2D eigenvalue weighted by atomic mass is 35.5. The van der Waals surface area contributed by atoms with E-state index in [1.54, 1.807) is 25.2 Å². The highest BCUT2D eigenvalue weighted by molar-refractivity contribution is 7.89. The van der Waals surface area contributed by atoms with E-state index >= 15 is 0 Å². The van der Waals surface area contributed by atoms with Crippen molar-refractivity contribution in [1.82, 2.24) is 19.2 Å². The normalized spacial score (nSPS) is 14.8. The number of fused-ring (bicyclic) bond motifs is 1. The van der Waals surface area contributed by atoms with Crippen LogP contribution in [0.2, 0.25) is 5.02 Å². The second-order valence-electron chi connectivity index (χ2n) is 8.27. The molecule has 0 atom stereocenters. The molecule has 12 nitrogen and oxygen atoms in total. The van der Waals surface area contributed by atoms with Crippen LogP contribution in [0.4, 0.5) is 11.4 Å². The zero-order chi connectivity index (χ0) is 25.9. The molecule has 2 heterocycles. The molecule has 4 rings (SSSR count). The average molecular weight is 537 g/mol. The van der Waals surface area contributed by atoms with Crippen molar-refractivity contribution in [2.45, 2.75) is 4.90 Å². The maximum atomic E-state index is 13.0. The molecule has 0 aliphatic carbocycles. The number of aromatic nitrogens is 2. The Hall–Kier alpha value is -3.23. The topological polar surface area (TPSA) is 157 Å². The molecule has 0 saturated carbocycles. The fourth-order valence-corrected chi connectivity index (χ4v) is 5.67. The minimum Gasteiger partial charge on any atom is -0.379 e. The van der Waals surface area contributed by atoms with Gasteiger partial charge in [0.1, 0.15) is 4.90 Å². The second kappa shape index (κ2) is 10.8. The average Bonchev–Trinajstić information content (AvgIpc) is 3.19. The van der Waals surface area contributed by atoms with E-state index in [0.717, 1.165) is 0 Å². The number of nitrogens with zero attached hydrogens (tertiary/aromatic N) is 2. The smallest absolute Gasteiger partial charge is 0.323 e. The Bertz CT molecular complexity index is 1450. The van der Waals surface area contributed by atoms with Crippen LogP contribution in [0, 0.1) is 0 Å². The van der Waals surface area contributed by atoms with Gasteiger partial charge in [0.25, 0.3) is 0 Å². The summed E-state index contributed by atoms with van der Waals surface area (Å²) < 4.78 is 32.4. The summed E-state index contributed by atoms with van der Waals surface area (Å²) in [6, 6.07) is 9.18. The highest BCUT2D eigenvalue weighted by Crippen LogP contribution is 2.28. The lowest BCUT2D eigenvalue weighted by atomic mass is 10.2. The Kier molecular flexibility index (Phi) is 7.76. The molecule has 0 bridgehead atoms. The zero-order valence-electron chi connectivity index (χ0n) is 19.3. The minimum atomic E-state index is -3.85. The number of aromatic amines is 2. The van der Waals surface area contributed by atoms with E-state index < -0.39 is 15.9 Å². The molecule has 3 aromatic rings. The summed E-state index contributed by atoms with van der Waals surface area (Å²) in [5.74, 6) is -0.790. The zero-order valence-corrected chi connectivity index (χ0v) is 20.9. The maximum Gasteiger partial charge on any atom is 0.323 e. The van der Waals surface area contributed by atoms with Crippen molar-refractivity contribution in [3.63, 3.8) is 0 Å². The first kappa shape index (κ1) is 25.9. The summed E-state index contributed by atoms with van der Waals surface area (Å²) in [6.45, 7) is 0.844. The van der Waals surface area contributed by atoms with E-state index in [-0.39, 0.29) is 53.4 Å². The monoisotopic (exact) mass is 536 g/mol. The van der Waals surface area contributed by atoms with Gasteiger partial charge in [-0.2, -0.15) is 4.31 Å². The second-order valence-corrected chi connectivity index (χ2v) is 10.6. The van der Waals surface area contributed by atoms with Gasteiger partial charge in [-0.15, -0.1) is 0 Å². The molecule has 1 aliphatic rings. The summed E-state index contributed by atoms with van der Waals surface area (Å²) in [4.78, 5) is 42.9. The third kappa shape index (κ3) is 6.12. The van der Waals surface area contributed by atoms with Crippen molar-refractivity contribution >= 4 is 55.8 Å². The van der Waals surface area contributed by atoms with Gasteiger partial charge in [-0.25, -0.2) is 13.2 Å². The van der Waals surface area contributed by atoms with Gasteiger partial charge >= 0.3 is 5.69 Å². The van der Waals surface area contributed by atoms with Gasteiger partial charge in [-0.3, -0.25) is 14.5 Å². The molecule has 2 aromatic carbocycles. The number of ether oxygens (including phenoxy) is 1. The summed E-state index contributed by atoms with van der Waals surface area (Å²) in [7, 11) is -2.25. The largest absolute Gasteiger partial charge is 0.379 e. The lowest BCUT2D eigenvalue weighted by Gasteiger charge is -2.26. The lowest BCUT2D eigenvalue weighted by Crippen LogP contribution is -2.40. The Labute approximate surface area is 211 Å². The Morgan fingerprint density at radius 2 is 1.58 bits per heavy atom. The van der Waals surface area contributed by atoms with E-state index in [2.05, 4.69) is 20.6 Å². The fraction of sp³-hybridized carbons (Fsp3) is 0.318. The van der Waals surface area contributed by atoms with E-state index in [4.69, 9.17) is 16.3 Å². The van der Waals surface area contributed by atoms with Crippen LogP contribution in [0.25, 0.3) is 11.0 Å². The summed E-state index contributed by atoms with van der Waals surface area (Å²) in [6.07, 6.45) is 0. The number of carbonyl (C=O) groups excluding carboxylic acids is 2. The molecule has 0 spiro atoms. The third-order valence-electron chi connectivity index (χ3n) is 5.43. The fourth-order valence-electron chi connectivity index (χ4n) is 3.76. The first-order chi connectivity index (χ1) is 17.1. The first-order valence-corrected chi connectivity index (χ1v) is 12.8. The molecule has 1 saturated heterocycles. The van der Waals surface area contributed by atoms with Gasteiger partial charge in [0.15, 0.2) is 0 Å². The molecular formula is C22H25ClN6O6S. The van der Waals surface area contributed by atoms with Crippen molar-refractivity contribution in [3.05, 3.63) is 51.9 Å². The number of likely N-dealkylation sites (N-methyl/N-ethyl adjacent to an activating group) is 1. The summed E-state index contributed by atoms with van der Waals surface area (Å²) in [5, 5.41) is 5.41. The van der Waals surface area contributed by atoms with Crippen LogP contribution in [0.5, 0.6) is 0 Å². The molecule has 0 radical (unpaired) electrons. The van der Waals surface area contributed by atoms with Gasteiger partial charge < -0.3 is 25.3 Å². The van der Waals surface area contributed by atoms with Crippen molar-refractivity contribution in [1.29, 1.82) is 0 Å². The number of amides is 2. The van der Waals surface area contributed by atoms with E-state index in [1.807, 2.05) is 0 Å². The van der Waals surface area contributed by atoms with E-state index in [1.165, 1.54) is 27.4 Å². The van der Waals surface area contributed by atoms with Gasteiger partial charge in [-0.1, -0.05) is 11.6 Å². The number of benzene rings is 2. The van der Waals surface area contributed by atoms with Crippen LogP contribution in [0.15, 0.2) is 46.1 Å². The summed E-state index contributed by atoms with van der Waals surface area (Å²) >= 11 is 6.16.